The first kappa shape index (κ1) is 16.7. The molecular formula is C20H24N2O2. The van der Waals surface area contributed by atoms with E-state index in [0.29, 0.717) is 6.61 Å². The highest BCUT2D eigenvalue weighted by molar-refractivity contribution is 5.73. The van der Waals surface area contributed by atoms with Crippen molar-refractivity contribution in [2.45, 2.75) is 32.2 Å². The Bertz CT molecular complexity index is 645. The number of nitrogens with zero attached hydrogens (tertiary/aromatic N) is 1. The largest absolute Gasteiger partial charge is 0.461 e. The number of ether oxygens (including phenoxy) is 1. The lowest BCUT2D eigenvalue weighted by Gasteiger charge is -2.37. The molecule has 1 saturated heterocycles. The molecule has 24 heavy (non-hydrogen) atoms. The van der Waals surface area contributed by atoms with Gasteiger partial charge in [0.05, 0.1) is 12.1 Å². The zero-order valence-corrected chi connectivity index (χ0v) is 13.8. The lowest BCUT2D eigenvalue weighted by molar-refractivity contribution is -0.154. The van der Waals surface area contributed by atoms with Crippen LogP contribution < -0.4 is 5.73 Å². The predicted molar refractivity (Wildman–Crippen MR) is 93.8 cm³/mol. The summed E-state index contributed by atoms with van der Waals surface area (Å²) in [6, 6.07) is 20.0. The molecule has 1 heterocycles. The number of carbonyl (C=O) groups is 1. The van der Waals surface area contributed by atoms with Crippen LogP contribution >= 0.6 is 0 Å². The quantitative estimate of drug-likeness (QED) is 0.859. The number of hydrogen-bond acceptors (Lipinski definition) is 4. The maximum atomic E-state index is 12.5. The highest BCUT2D eigenvalue weighted by Crippen LogP contribution is 2.24. The maximum absolute atomic E-state index is 12.5. The van der Waals surface area contributed by atoms with Crippen molar-refractivity contribution < 1.29 is 9.53 Å². The number of hydrogen-bond donors (Lipinski definition) is 1. The predicted octanol–water partition coefficient (Wildman–Crippen LogP) is 2.93. The molecule has 0 radical (unpaired) electrons. The van der Waals surface area contributed by atoms with Gasteiger partial charge in [0.15, 0.2) is 0 Å². The van der Waals surface area contributed by atoms with Crippen LogP contribution in [-0.2, 0) is 22.7 Å². The van der Waals surface area contributed by atoms with Crippen LogP contribution in [0.2, 0.25) is 0 Å². The molecule has 2 atom stereocenters. The van der Waals surface area contributed by atoms with Gasteiger partial charge in [-0.2, -0.15) is 0 Å². The number of likely N-dealkylation sites (tertiary alicyclic amines) is 1. The van der Waals surface area contributed by atoms with E-state index in [2.05, 4.69) is 17.0 Å². The Labute approximate surface area is 143 Å². The third-order valence-electron chi connectivity index (χ3n) is 4.55. The summed E-state index contributed by atoms with van der Waals surface area (Å²) in [5, 5.41) is 0. The average molecular weight is 324 g/mol. The van der Waals surface area contributed by atoms with E-state index in [1.807, 2.05) is 48.5 Å². The highest BCUT2D eigenvalue weighted by atomic mass is 16.5. The second-order valence-electron chi connectivity index (χ2n) is 6.29. The zero-order chi connectivity index (χ0) is 16.8. The van der Waals surface area contributed by atoms with Crippen LogP contribution in [0.1, 0.15) is 24.0 Å². The first-order valence-electron chi connectivity index (χ1n) is 8.48. The number of piperidine rings is 1. The molecule has 0 aliphatic carbocycles. The molecule has 2 unspecified atom stereocenters. The molecule has 1 fully saturated rings. The summed E-state index contributed by atoms with van der Waals surface area (Å²) in [7, 11) is 0. The molecule has 126 valence electrons. The fourth-order valence-electron chi connectivity index (χ4n) is 3.18. The molecule has 1 aliphatic heterocycles. The van der Waals surface area contributed by atoms with Gasteiger partial charge in [-0.3, -0.25) is 9.69 Å². The summed E-state index contributed by atoms with van der Waals surface area (Å²) in [6.45, 7) is 1.99. The van der Waals surface area contributed by atoms with E-state index in [9.17, 15) is 4.79 Å². The van der Waals surface area contributed by atoms with E-state index >= 15 is 0 Å². The Hall–Kier alpha value is -2.17. The Balaban J connectivity index is 1.57. The summed E-state index contributed by atoms with van der Waals surface area (Å²) in [6.07, 6.45) is 1.47. The van der Waals surface area contributed by atoms with Gasteiger partial charge in [0, 0.05) is 13.1 Å². The molecule has 1 aliphatic rings. The molecule has 0 amide bonds. The van der Waals surface area contributed by atoms with Crippen molar-refractivity contribution in [2.24, 2.45) is 11.7 Å². The van der Waals surface area contributed by atoms with Gasteiger partial charge in [-0.15, -0.1) is 0 Å². The number of carbonyl (C=O) groups excluding carboxylic acids is 1. The molecule has 0 spiro atoms. The van der Waals surface area contributed by atoms with E-state index in [1.54, 1.807) is 0 Å². The van der Waals surface area contributed by atoms with Crippen molar-refractivity contribution in [3.8, 4) is 0 Å². The normalized spacial score (nSPS) is 21.4. The second-order valence-corrected chi connectivity index (χ2v) is 6.29. The molecule has 3 rings (SSSR count). The number of benzene rings is 2. The fourth-order valence-corrected chi connectivity index (χ4v) is 3.18. The minimum atomic E-state index is -0.290. The van der Waals surface area contributed by atoms with Crippen LogP contribution in [0.4, 0.5) is 0 Å². The Morgan fingerprint density at radius 1 is 1.04 bits per heavy atom. The van der Waals surface area contributed by atoms with Crippen molar-refractivity contribution in [3.05, 3.63) is 71.8 Å². The van der Waals surface area contributed by atoms with Crippen LogP contribution in [0.25, 0.3) is 0 Å². The van der Waals surface area contributed by atoms with E-state index in [4.69, 9.17) is 10.5 Å². The molecule has 2 aromatic carbocycles. The molecule has 0 bridgehead atoms. The lowest BCUT2D eigenvalue weighted by Crippen LogP contribution is -2.53. The summed E-state index contributed by atoms with van der Waals surface area (Å²) in [5.41, 5.74) is 8.58. The topological polar surface area (TPSA) is 55.6 Å². The van der Waals surface area contributed by atoms with Crippen molar-refractivity contribution in [3.63, 3.8) is 0 Å². The van der Waals surface area contributed by atoms with Crippen molar-refractivity contribution >= 4 is 5.97 Å². The minimum absolute atomic E-state index is 0.191. The van der Waals surface area contributed by atoms with Crippen LogP contribution in [0.3, 0.4) is 0 Å². The van der Waals surface area contributed by atoms with Crippen LogP contribution in [-0.4, -0.2) is 23.6 Å². The van der Waals surface area contributed by atoms with Crippen LogP contribution in [0, 0.1) is 5.92 Å². The molecule has 0 aromatic heterocycles. The lowest BCUT2D eigenvalue weighted by atomic mass is 9.94. The summed E-state index contributed by atoms with van der Waals surface area (Å²) < 4.78 is 5.49. The van der Waals surface area contributed by atoms with Gasteiger partial charge in [0.2, 0.25) is 0 Å². The highest BCUT2D eigenvalue weighted by Gasteiger charge is 2.34. The number of esters is 1. The van der Waals surface area contributed by atoms with Gasteiger partial charge in [-0.1, -0.05) is 60.7 Å². The summed E-state index contributed by atoms with van der Waals surface area (Å²) >= 11 is 0. The van der Waals surface area contributed by atoms with E-state index in [0.717, 1.165) is 31.5 Å². The van der Waals surface area contributed by atoms with Gasteiger partial charge in [-0.25, -0.2) is 0 Å². The van der Waals surface area contributed by atoms with Crippen LogP contribution in [0.5, 0.6) is 0 Å². The first-order chi connectivity index (χ1) is 11.7. The van der Waals surface area contributed by atoms with E-state index in [1.165, 1.54) is 5.56 Å². The van der Waals surface area contributed by atoms with Gasteiger partial charge >= 0.3 is 5.97 Å². The Morgan fingerprint density at radius 2 is 1.67 bits per heavy atom. The molecule has 4 heteroatoms. The first-order valence-corrected chi connectivity index (χ1v) is 8.48. The molecular weight excluding hydrogens is 300 g/mol. The van der Waals surface area contributed by atoms with Crippen LogP contribution in [0.15, 0.2) is 60.7 Å². The van der Waals surface area contributed by atoms with E-state index < -0.39 is 0 Å². The third-order valence-corrected chi connectivity index (χ3v) is 4.55. The fraction of sp³-hybridized carbons (Fsp3) is 0.350. The minimum Gasteiger partial charge on any atom is -0.461 e. The summed E-state index contributed by atoms with van der Waals surface area (Å²) in [4.78, 5) is 14.6. The van der Waals surface area contributed by atoms with E-state index in [-0.39, 0.29) is 18.1 Å². The maximum Gasteiger partial charge on any atom is 0.312 e. The SMILES string of the molecule is NC1C(C(=O)OCc2ccccc2)CCCN1Cc1ccccc1. The van der Waals surface area contributed by atoms with Crippen molar-refractivity contribution in [1.82, 2.24) is 4.90 Å². The van der Waals surface area contributed by atoms with Gasteiger partial charge in [0.25, 0.3) is 0 Å². The average Bonchev–Trinajstić information content (AvgIpc) is 2.63. The molecule has 0 saturated carbocycles. The number of nitrogens with two attached hydrogens (primary N) is 1. The Morgan fingerprint density at radius 3 is 2.33 bits per heavy atom. The van der Waals surface area contributed by atoms with Gasteiger partial charge in [-0.05, 0) is 24.0 Å². The van der Waals surface area contributed by atoms with Crippen molar-refractivity contribution in [1.29, 1.82) is 0 Å². The number of rotatable bonds is 5. The standard InChI is InChI=1S/C20H24N2O2/c21-19-18(20(23)24-15-17-10-5-2-6-11-17)12-7-13-22(19)14-16-8-3-1-4-9-16/h1-6,8-11,18-19H,7,12-15,21H2. The third kappa shape index (κ3) is 4.22. The second kappa shape index (κ2) is 8.08. The molecule has 2 aromatic rings. The molecule has 2 N–H and O–H groups in total. The summed E-state index contributed by atoms with van der Waals surface area (Å²) in [5.74, 6) is -0.449. The molecule has 4 nitrogen and oxygen atoms in total. The zero-order valence-electron chi connectivity index (χ0n) is 13.8. The van der Waals surface area contributed by atoms with Gasteiger partial charge in [0.1, 0.15) is 6.61 Å². The Kier molecular flexibility index (Phi) is 5.62. The van der Waals surface area contributed by atoms with Crippen molar-refractivity contribution in [2.75, 3.05) is 6.54 Å². The smallest absolute Gasteiger partial charge is 0.312 e. The van der Waals surface area contributed by atoms with Gasteiger partial charge < -0.3 is 10.5 Å². The monoisotopic (exact) mass is 324 g/mol.